The maximum Gasteiger partial charge on any atom is 0.211 e. The zero-order chi connectivity index (χ0) is 29.3. The number of nitrogens with one attached hydrogen (secondary N) is 1. The summed E-state index contributed by atoms with van der Waals surface area (Å²) in [5.74, 6) is 0.128. The van der Waals surface area contributed by atoms with Gasteiger partial charge in [-0.3, -0.25) is 0 Å². The molecule has 4 aromatic carbocycles. The van der Waals surface area contributed by atoms with Crippen molar-refractivity contribution in [2.45, 2.75) is 44.2 Å². The molecule has 0 unspecified atom stereocenters. The molecule has 0 aliphatic carbocycles. The molecule has 5 nitrogen and oxygen atoms in total. The normalized spacial score (nSPS) is 11.9. The molecule has 5 aromatic rings. The van der Waals surface area contributed by atoms with Crippen LogP contribution in [0, 0.1) is 0 Å². The van der Waals surface area contributed by atoms with Crippen molar-refractivity contribution in [3.05, 3.63) is 161 Å². The molecule has 0 atom stereocenters. The van der Waals surface area contributed by atoms with Crippen LogP contribution in [0.1, 0.15) is 53.6 Å². The van der Waals surface area contributed by atoms with E-state index in [1.54, 1.807) is 12.1 Å². The highest BCUT2D eigenvalue weighted by atomic mass is 35.5. The monoisotopic (exact) mass is 597 g/mol. The minimum absolute atomic E-state index is 0.128. The third-order valence-corrected chi connectivity index (χ3v) is 9.27. The highest BCUT2D eigenvalue weighted by molar-refractivity contribution is 7.89. The van der Waals surface area contributed by atoms with Gasteiger partial charge in [0.1, 0.15) is 5.54 Å². The maximum atomic E-state index is 12.4. The molecule has 0 saturated heterocycles. The Morgan fingerprint density at radius 3 is 1.76 bits per heavy atom. The van der Waals surface area contributed by atoms with E-state index >= 15 is 0 Å². The average molecular weight is 598 g/mol. The van der Waals surface area contributed by atoms with Crippen LogP contribution in [0.2, 0.25) is 5.02 Å². The van der Waals surface area contributed by atoms with Crippen LogP contribution in [0.15, 0.2) is 128 Å². The lowest BCUT2D eigenvalue weighted by Crippen LogP contribution is -2.36. The Kier molecular flexibility index (Phi) is 9.90. The van der Waals surface area contributed by atoms with E-state index in [2.05, 4.69) is 88.3 Å². The van der Waals surface area contributed by atoms with E-state index in [4.69, 9.17) is 16.6 Å². The van der Waals surface area contributed by atoms with Crippen molar-refractivity contribution in [3.8, 4) is 0 Å². The number of imidazole rings is 1. The maximum absolute atomic E-state index is 12.4. The number of hydrogen-bond acceptors (Lipinski definition) is 3. The first-order chi connectivity index (χ1) is 20.5. The predicted octanol–water partition coefficient (Wildman–Crippen LogP) is 7.60. The molecule has 0 saturated carbocycles. The molecule has 0 amide bonds. The number of hydrogen-bond donors (Lipinski definition) is 1. The highest BCUT2D eigenvalue weighted by Gasteiger charge is 2.38. The summed E-state index contributed by atoms with van der Waals surface area (Å²) in [7, 11) is -3.32. The summed E-state index contributed by atoms with van der Waals surface area (Å²) in [6, 6.07) is 38.9. The molecular weight excluding hydrogens is 562 g/mol. The van der Waals surface area contributed by atoms with Gasteiger partial charge in [0.15, 0.2) is 0 Å². The second kappa shape index (κ2) is 14.0. The van der Waals surface area contributed by atoms with Gasteiger partial charge in [-0.25, -0.2) is 18.1 Å². The lowest BCUT2D eigenvalue weighted by Gasteiger charge is -2.37. The van der Waals surface area contributed by atoms with Gasteiger partial charge in [-0.1, -0.05) is 128 Å². The Bertz CT molecular complexity index is 1540. The van der Waals surface area contributed by atoms with Gasteiger partial charge in [0.05, 0.1) is 17.8 Å². The number of unbranched alkanes of at least 4 members (excludes halogenated alkanes) is 3. The van der Waals surface area contributed by atoms with Gasteiger partial charge in [-0.2, -0.15) is 0 Å². The highest BCUT2D eigenvalue weighted by Crippen LogP contribution is 2.40. The third kappa shape index (κ3) is 7.19. The van der Waals surface area contributed by atoms with Crippen LogP contribution in [-0.4, -0.2) is 23.7 Å². The summed E-state index contributed by atoms with van der Waals surface area (Å²) in [6.45, 7) is 0.276. The smallest absolute Gasteiger partial charge is 0.211 e. The quantitative estimate of drug-likeness (QED) is 0.106. The molecule has 42 heavy (non-hydrogen) atoms. The van der Waals surface area contributed by atoms with Crippen molar-refractivity contribution in [1.29, 1.82) is 0 Å². The van der Waals surface area contributed by atoms with Crippen molar-refractivity contribution < 1.29 is 8.42 Å². The summed E-state index contributed by atoms with van der Waals surface area (Å²) in [5, 5.41) is 0.635. The molecule has 7 heteroatoms. The largest absolute Gasteiger partial charge is 0.319 e. The van der Waals surface area contributed by atoms with Gasteiger partial charge in [-0.05, 0) is 53.6 Å². The SMILES string of the molecule is O=S(=O)(CCCCCCc1cn(C(c2ccccc2)(c2ccccc2)c2ccccc2)cn1)NCc1ccc(Cl)cc1. The number of aryl methyl sites for hydroxylation is 1. The number of sulfonamides is 1. The first-order valence-electron chi connectivity index (χ1n) is 14.4. The zero-order valence-corrected chi connectivity index (χ0v) is 25.1. The third-order valence-electron chi connectivity index (χ3n) is 7.60. The Hall–Kier alpha value is -3.71. The number of benzene rings is 4. The van der Waals surface area contributed by atoms with Crippen LogP contribution in [0.5, 0.6) is 0 Å². The lowest BCUT2D eigenvalue weighted by molar-refractivity contribution is 0.514. The molecule has 1 aromatic heterocycles. The van der Waals surface area contributed by atoms with Crippen molar-refractivity contribution in [2.75, 3.05) is 5.75 Å². The van der Waals surface area contributed by atoms with Crippen LogP contribution in [-0.2, 0) is 28.5 Å². The topological polar surface area (TPSA) is 64.0 Å². The standard InChI is InChI=1S/C35H36ClN3O2S/c36-33-23-21-29(22-24-33)26-38-42(40,41)25-13-2-1-12-20-34-27-39(28-37-34)35(30-14-6-3-7-15-30,31-16-8-4-9-17-31)32-18-10-5-11-19-32/h3-11,14-19,21-24,27-28,38H,1-2,12-13,20,25-26H2. The fourth-order valence-electron chi connectivity index (χ4n) is 5.48. The molecule has 1 heterocycles. The minimum Gasteiger partial charge on any atom is -0.319 e. The van der Waals surface area contributed by atoms with E-state index in [1.807, 2.05) is 36.7 Å². The summed E-state index contributed by atoms with van der Waals surface area (Å²) >= 11 is 5.90. The summed E-state index contributed by atoms with van der Waals surface area (Å²) in [4.78, 5) is 4.82. The molecule has 0 spiro atoms. The van der Waals surface area contributed by atoms with Crippen molar-refractivity contribution >= 4 is 21.6 Å². The number of rotatable bonds is 14. The Labute approximate surface area is 254 Å². The molecule has 0 radical (unpaired) electrons. The van der Waals surface area contributed by atoms with Gasteiger partial charge >= 0.3 is 0 Å². The Morgan fingerprint density at radius 2 is 1.21 bits per heavy atom. The fourth-order valence-corrected chi connectivity index (χ4v) is 6.72. The van der Waals surface area contributed by atoms with Gasteiger partial charge in [0.2, 0.25) is 10.0 Å². The molecular formula is C35H36ClN3O2S. The van der Waals surface area contributed by atoms with E-state index in [-0.39, 0.29) is 12.3 Å². The van der Waals surface area contributed by atoms with E-state index in [0.29, 0.717) is 11.4 Å². The molecule has 216 valence electrons. The number of nitrogens with zero attached hydrogens (tertiary/aromatic N) is 2. The van der Waals surface area contributed by atoms with Crippen molar-refractivity contribution in [2.24, 2.45) is 0 Å². The second-order valence-electron chi connectivity index (χ2n) is 10.5. The fraction of sp³-hybridized carbons (Fsp3) is 0.229. The van der Waals surface area contributed by atoms with Gasteiger partial charge in [-0.15, -0.1) is 0 Å². The first kappa shape index (κ1) is 29.8. The molecule has 0 bridgehead atoms. The van der Waals surface area contributed by atoms with Gasteiger partial charge in [0.25, 0.3) is 0 Å². The molecule has 0 fully saturated rings. The zero-order valence-electron chi connectivity index (χ0n) is 23.6. The summed E-state index contributed by atoms with van der Waals surface area (Å²) in [5.41, 5.74) is 4.84. The minimum atomic E-state index is -3.32. The Balaban J connectivity index is 1.23. The van der Waals surface area contributed by atoms with Crippen LogP contribution < -0.4 is 4.72 Å². The molecule has 0 aliphatic rings. The number of halogens is 1. The molecule has 1 N–H and O–H groups in total. The Morgan fingerprint density at radius 1 is 0.690 bits per heavy atom. The van der Waals surface area contributed by atoms with E-state index in [1.165, 1.54) is 0 Å². The summed E-state index contributed by atoms with van der Waals surface area (Å²) < 4.78 is 29.8. The predicted molar refractivity (Wildman–Crippen MR) is 171 cm³/mol. The first-order valence-corrected chi connectivity index (χ1v) is 16.4. The molecule has 0 aliphatic heterocycles. The van der Waals surface area contributed by atoms with Crippen LogP contribution >= 0.6 is 11.6 Å². The van der Waals surface area contributed by atoms with Crippen molar-refractivity contribution in [1.82, 2.24) is 14.3 Å². The van der Waals surface area contributed by atoms with Crippen LogP contribution in [0.4, 0.5) is 0 Å². The lowest BCUT2D eigenvalue weighted by atomic mass is 9.77. The van der Waals surface area contributed by atoms with E-state index < -0.39 is 15.6 Å². The van der Waals surface area contributed by atoms with Gasteiger partial charge < -0.3 is 4.57 Å². The summed E-state index contributed by atoms with van der Waals surface area (Å²) in [6.07, 6.45) is 8.32. The van der Waals surface area contributed by atoms with Crippen LogP contribution in [0.3, 0.4) is 0 Å². The average Bonchev–Trinajstić information content (AvgIpc) is 3.50. The number of aromatic nitrogens is 2. The van der Waals surface area contributed by atoms with Crippen molar-refractivity contribution in [3.63, 3.8) is 0 Å². The molecule has 5 rings (SSSR count). The second-order valence-corrected chi connectivity index (χ2v) is 12.9. The van der Waals surface area contributed by atoms with E-state index in [9.17, 15) is 8.42 Å². The van der Waals surface area contributed by atoms with Crippen LogP contribution in [0.25, 0.3) is 0 Å². The van der Waals surface area contributed by atoms with E-state index in [0.717, 1.165) is 53.6 Å². The van der Waals surface area contributed by atoms with Gasteiger partial charge in [0, 0.05) is 17.8 Å².